The Balaban J connectivity index is 2.03. The average Bonchev–Trinajstić information content (AvgIpc) is 2.55. The largest absolute Gasteiger partial charge is 0.493 e. The van der Waals surface area contributed by atoms with E-state index in [1.165, 1.54) is 20.4 Å². The van der Waals surface area contributed by atoms with Crippen molar-refractivity contribution in [2.24, 2.45) is 0 Å². The second kappa shape index (κ2) is 5.81. The van der Waals surface area contributed by atoms with E-state index in [0.717, 1.165) is 10.9 Å². The Kier molecular flexibility index (Phi) is 3.70. The standard InChI is InChI=1S/C17H14N2O3/c1-11(20)12-7-8-15(16(9-12)21-2)22-17-13-5-3-4-6-14(13)18-10-19-17/h3-10H,1-2H3. The van der Waals surface area contributed by atoms with Crippen LogP contribution in [0, 0.1) is 0 Å². The van der Waals surface area contributed by atoms with Gasteiger partial charge in [-0.1, -0.05) is 12.1 Å². The number of hydrogen-bond acceptors (Lipinski definition) is 5. The number of hydrogen-bond donors (Lipinski definition) is 0. The smallest absolute Gasteiger partial charge is 0.230 e. The summed E-state index contributed by atoms with van der Waals surface area (Å²) in [4.78, 5) is 19.8. The lowest BCUT2D eigenvalue weighted by Gasteiger charge is -2.11. The molecule has 0 spiro atoms. The zero-order valence-electron chi connectivity index (χ0n) is 12.2. The third-order valence-electron chi connectivity index (χ3n) is 3.28. The summed E-state index contributed by atoms with van der Waals surface area (Å²) in [6, 6.07) is 12.6. The lowest BCUT2D eigenvalue weighted by Crippen LogP contribution is -1.97. The van der Waals surface area contributed by atoms with Crippen LogP contribution in [0.1, 0.15) is 17.3 Å². The number of carbonyl (C=O) groups is 1. The first-order valence-electron chi connectivity index (χ1n) is 6.75. The molecule has 0 bridgehead atoms. The predicted molar refractivity (Wildman–Crippen MR) is 82.6 cm³/mol. The summed E-state index contributed by atoms with van der Waals surface area (Å²) in [6.45, 7) is 1.51. The molecule has 5 heteroatoms. The quantitative estimate of drug-likeness (QED) is 0.687. The molecule has 1 heterocycles. The van der Waals surface area contributed by atoms with Crippen LogP contribution in [0.3, 0.4) is 0 Å². The number of Topliss-reactive ketones (excluding diaryl/α,β-unsaturated/α-hetero) is 1. The third kappa shape index (κ3) is 2.61. The van der Waals surface area contributed by atoms with Crippen LogP contribution in [0.15, 0.2) is 48.8 Å². The van der Waals surface area contributed by atoms with E-state index >= 15 is 0 Å². The summed E-state index contributed by atoms with van der Waals surface area (Å²) in [6.07, 6.45) is 1.45. The fourth-order valence-electron chi connectivity index (χ4n) is 2.14. The van der Waals surface area contributed by atoms with Gasteiger partial charge in [0, 0.05) is 5.56 Å². The normalized spacial score (nSPS) is 10.5. The van der Waals surface area contributed by atoms with Gasteiger partial charge in [0.05, 0.1) is 18.0 Å². The third-order valence-corrected chi connectivity index (χ3v) is 3.28. The van der Waals surface area contributed by atoms with Crippen molar-refractivity contribution < 1.29 is 14.3 Å². The molecular weight excluding hydrogens is 280 g/mol. The Bertz CT molecular complexity index is 841. The molecule has 0 saturated heterocycles. The molecular formula is C17H14N2O3. The highest BCUT2D eigenvalue weighted by Crippen LogP contribution is 2.34. The summed E-state index contributed by atoms with van der Waals surface area (Å²) < 4.78 is 11.2. The predicted octanol–water partition coefficient (Wildman–Crippen LogP) is 3.63. The number of methoxy groups -OCH3 is 1. The van der Waals surface area contributed by atoms with Crippen molar-refractivity contribution in [2.45, 2.75) is 6.92 Å². The van der Waals surface area contributed by atoms with E-state index in [1.54, 1.807) is 18.2 Å². The number of para-hydroxylation sites is 1. The number of benzene rings is 2. The van der Waals surface area contributed by atoms with Gasteiger partial charge in [-0.2, -0.15) is 0 Å². The highest BCUT2D eigenvalue weighted by atomic mass is 16.5. The van der Waals surface area contributed by atoms with Crippen molar-refractivity contribution in [1.82, 2.24) is 9.97 Å². The van der Waals surface area contributed by atoms with E-state index in [-0.39, 0.29) is 5.78 Å². The van der Waals surface area contributed by atoms with Crippen LogP contribution in [0.25, 0.3) is 10.9 Å². The SMILES string of the molecule is COc1cc(C(C)=O)ccc1Oc1ncnc2ccccc12. The van der Waals surface area contributed by atoms with E-state index in [4.69, 9.17) is 9.47 Å². The Morgan fingerprint density at radius 2 is 1.86 bits per heavy atom. The van der Waals surface area contributed by atoms with E-state index < -0.39 is 0 Å². The van der Waals surface area contributed by atoms with E-state index in [9.17, 15) is 4.79 Å². The van der Waals surface area contributed by atoms with Crippen LogP contribution in [-0.2, 0) is 0 Å². The summed E-state index contributed by atoms with van der Waals surface area (Å²) in [7, 11) is 1.53. The van der Waals surface area contributed by atoms with Gasteiger partial charge >= 0.3 is 0 Å². The number of carbonyl (C=O) groups excluding carboxylic acids is 1. The minimum Gasteiger partial charge on any atom is -0.493 e. The van der Waals surface area contributed by atoms with Gasteiger partial charge < -0.3 is 9.47 Å². The van der Waals surface area contributed by atoms with Gasteiger partial charge in [0.25, 0.3) is 0 Å². The van der Waals surface area contributed by atoms with Crippen LogP contribution >= 0.6 is 0 Å². The summed E-state index contributed by atoms with van der Waals surface area (Å²) in [5.41, 5.74) is 1.36. The Hall–Kier alpha value is -2.95. The highest BCUT2D eigenvalue weighted by Gasteiger charge is 2.12. The molecule has 0 radical (unpaired) electrons. The first-order chi connectivity index (χ1) is 10.7. The number of rotatable bonds is 4. The first-order valence-corrected chi connectivity index (χ1v) is 6.75. The monoisotopic (exact) mass is 294 g/mol. The van der Waals surface area contributed by atoms with Gasteiger partial charge in [0.2, 0.25) is 5.88 Å². The molecule has 110 valence electrons. The van der Waals surface area contributed by atoms with Crippen LogP contribution < -0.4 is 9.47 Å². The van der Waals surface area contributed by atoms with Crippen LogP contribution in [-0.4, -0.2) is 22.9 Å². The lowest BCUT2D eigenvalue weighted by atomic mass is 10.1. The number of aromatic nitrogens is 2. The molecule has 1 aromatic heterocycles. The molecule has 0 saturated carbocycles. The Morgan fingerprint density at radius 3 is 2.64 bits per heavy atom. The van der Waals surface area contributed by atoms with Gasteiger partial charge in [0.1, 0.15) is 6.33 Å². The maximum absolute atomic E-state index is 11.4. The van der Waals surface area contributed by atoms with E-state index in [1.807, 2.05) is 24.3 Å². The molecule has 0 aliphatic rings. The number of nitrogens with zero attached hydrogens (tertiary/aromatic N) is 2. The van der Waals surface area contributed by atoms with Gasteiger partial charge in [-0.25, -0.2) is 9.97 Å². The highest BCUT2D eigenvalue weighted by molar-refractivity contribution is 5.94. The fourth-order valence-corrected chi connectivity index (χ4v) is 2.14. The van der Waals surface area contributed by atoms with Crippen LogP contribution in [0.5, 0.6) is 17.4 Å². The minimum absolute atomic E-state index is 0.0302. The molecule has 0 N–H and O–H groups in total. The molecule has 22 heavy (non-hydrogen) atoms. The zero-order valence-corrected chi connectivity index (χ0v) is 12.2. The molecule has 0 aliphatic heterocycles. The number of ether oxygens (including phenoxy) is 2. The molecule has 0 aliphatic carbocycles. The van der Waals surface area contributed by atoms with Crippen LogP contribution in [0.2, 0.25) is 0 Å². The molecule has 0 atom stereocenters. The topological polar surface area (TPSA) is 61.3 Å². The lowest BCUT2D eigenvalue weighted by molar-refractivity contribution is 0.101. The van der Waals surface area contributed by atoms with Gasteiger partial charge in [-0.05, 0) is 37.3 Å². The molecule has 0 fully saturated rings. The van der Waals surface area contributed by atoms with Crippen molar-refractivity contribution in [3.63, 3.8) is 0 Å². The maximum atomic E-state index is 11.4. The molecule has 3 rings (SSSR count). The van der Waals surface area contributed by atoms with Gasteiger partial charge in [-0.15, -0.1) is 0 Å². The van der Waals surface area contributed by atoms with Gasteiger partial charge in [-0.3, -0.25) is 4.79 Å². The second-order valence-electron chi connectivity index (χ2n) is 4.72. The van der Waals surface area contributed by atoms with Crippen molar-refractivity contribution in [2.75, 3.05) is 7.11 Å². The molecule has 2 aromatic carbocycles. The zero-order chi connectivity index (χ0) is 15.5. The minimum atomic E-state index is -0.0302. The van der Waals surface area contributed by atoms with Crippen molar-refractivity contribution in [3.8, 4) is 17.4 Å². The Morgan fingerprint density at radius 1 is 1.05 bits per heavy atom. The number of ketones is 1. The molecule has 5 nitrogen and oxygen atoms in total. The Labute approximate surface area is 127 Å². The van der Waals surface area contributed by atoms with Gasteiger partial charge in [0.15, 0.2) is 17.3 Å². The first kappa shape index (κ1) is 14.0. The van der Waals surface area contributed by atoms with E-state index in [2.05, 4.69) is 9.97 Å². The van der Waals surface area contributed by atoms with Crippen molar-refractivity contribution >= 4 is 16.7 Å². The number of fused-ring (bicyclic) bond motifs is 1. The summed E-state index contributed by atoms with van der Waals surface area (Å²) >= 11 is 0. The second-order valence-corrected chi connectivity index (χ2v) is 4.72. The fraction of sp³-hybridized carbons (Fsp3) is 0.118. The molecule has 3 aromatic rings. The van der Waals surface area contributed by atoms with Crippen molar-refractivity contribution in [3.05, 3.63) is 54.4 Å². The maximum Gasteiger partial charge on any atom is 0.230 e. The average molecular weight is 294 g/mol. The summed E-state index contributed by atoms with van der Waals surface area (Å²) in [5, 5.41) is 0.808. The van der Waals surface area contributed by atoms with E-state index in [0.29, 0.717) is 22.9 Å². The van der Waals surface area contributed by atoms with Crippen LogP contribution in [0.4, 0.5) is 0 Å². The summed E-state index contributed by atoms with van der Waals surface area (Å²) in [5.74, 6) is 1.39. The van der Waals surface area contributed by atoms with Crippen molar-refractivity contribution in [1.29, 1.82) is 0 Å². The molecule has 0 amide bonds. The molecule has 0 unspecified atom stereocenters.